The van der Waals surface area contributed by atoms with Gasteiger partial charge in [0.25, 0.3) is 0 Å². The largest absolute Gasteiger partial charge is 0.366 e. The van der Waals surface area contributed by atoms with Gasteiger partial charge in [-0.2, -0.15) is 0 Å². The number of allylic oxidation sites excluding steroid dienone is 1. The summed E-state index contributed by atoms with van der Waals surface area (Å²) in [6, 6.07) is 2.16. The molecule has 0 atom stereocenters. The van der Waals surface area contributed by atoms with Gasteiger partial charge < -0.3 is 5.73 Å². The van der Waals surface area contributed by atoms with Crippen LogP contribution in [-0.4, -0.2) is 5.91 Å². The van der Waals surface area contributed by atoms with Crippen molar-refractivity contribution in [1.82, 2.24) is 0 Å². The lowest BCUT2D eigenvalue weighted by atomic mass is 10.1. The number of hydrogen-bond donors (Lipinski definition) is 1. The first-order chi connectivity index (χ1) is 7.09. The van der Waals surface area contributed by atoms with Crippen molar-refractivity contribution < 1.29 is 13.6 Å². The molecule has 15 heavy (non-hydrogen) atoms. The number of benzene rings is 1. The van der Waals surface area contributed by atoms with E-state index in [0.29, 0.717) is 24.0 Å². The Morgan fingerprint density at radius 1 is 1.27 bits per heavy atom. The molecule has 1 aliphatic carbocycles. The average molecular weight is 209 g/mol. The van der Waals surface area contributed by atoms with E-state index in [-0.39, 0.29) is 5.56 Å². The number of hydrogen-bond acceptors (Lipinski definition) is 1. The van der Waals surface area contributed by atoms with E-state index in [0.717, 1.165) is 18.2 Å². The summed E-state index contributed by atoms with van der Waals surface area (Å²) >= 11 is 0. The Labute approximate surface area is 85.4 Å². The predicted molar refractivity (Wildman–Crippen MR) is 51.9 cm³/mol. The number of nitrogens with two attached hydrogens (primary N) is 1. The smallest absolute Gasteiger partial charge is 0.241 e. The lowest BCUT2D eigenvalue weighted by Gasteiger charge is -2.03. The molecule has 1 aromatic rings. The molecule has 4 heteroatoms. The number of halogens is 2. The molecule has 0 fully saturated rings. The number of primary amides is 1. The maximum absolute atomic E-state index is 13.4. The van der Waals surface area contributed by atoms with Crippen LogP contribution in [0.15, 0.2) is 18.2 Å². The molecule has 1 amide bonds. The fraction of sp³-hybridized carbons (Fsp3) is 0.182. The minimum atomic E-state index is -0.637. The van der Waals surface area contributed by atoms with Gasteiger partial charge in [-0.05, 0) is 36.1 Å². The Morgan fingerprint density at radius 3 is 2.60 bits per heavy atom. The zero-order valence-corrected chi connectivity index (χ0v) is 7.89. The molecule has 0 unspecified atom stereocenters. The topological polar surface area (TPSA) is 43.1 Å². The van der Waals surface area contributed by atoms with Crippen molar-refractivity contribution in [3.8, 4) is 0 Å². The van der Waals surface area contributed by atoms with Gasteiger partial charge in [0.15, 0.2) is 0 Å². The first kappa shape index (κ1) is 9.83. The van der Waals surface area contributed by atoms with Crippen LogP contribution < -0.4 is 5.73 Å². The predicted octanol–water partition coefficient (Wildman–Crippen LogP) is 1.78. The zero-order valence-electron chi connectivity index (χ0n) is 7.89. The number of rotatable bonds is 1. The lowest BCUT2D eigenvalue weighted by molar-refractivity contribution is -0.113. The van der Waals surface area contributed by atoms with E-state index >= 15 is 0 Å². The summed E-state index contributed by atoms with van der Waals surface area (Å²) in [4.78, 5) is 10.7. The molecule has 0 aliphatic heterocycles. The normalized spacial score (nSPS) is 16.8. The second kappa shape index (κ2) is 3.46. The number of amides is 1. The molecule has 0 aromatic heterocycles. The summed E-state index contributed by atoms with van der Waals surface area (Å²) in [6.07, 6.45) is 2.03. The van der Waals surface area contributed by atoms with Crippen LogP contribution in [0.5, 0.6) is 0 Å². The van der Waals surface area contributed by atoms with Crippen molar-refractivity contribution >= 4 is 11.5 Å². The van der Waals surface area contributed by atoms with E-state index < -0.39 is 17.5 Å². The van der Waals surface area contributed by atoms with Gasteiger partial charge in [0.05, 0.1) is 0 Å². The Bertz CT molecular complexity index is 466. The van der Waals surface area contributed by atoms with Gasteiger partial charge >= 0.3 is 0 Å². The van der Waals surface area contributed by atoms with E-state index in [1.165, 1.54) is 0 Å². The molecular formula is C11H9F2NO. The Balaban J connectivity index is 2.60. The van der Waals surface area contributed by atoms with E-state index in [9.17, 15) is 13.6 Å². The van der Waals surface area contributed by atoms with Crippen LogP contribution in [-0.2, 0) is 11.2 Å². The highest BCUT2D eigenvalue weighted by Gasteiger charge is 2.23. The van der Waals surface area contributed by atoms with Crippen LogP contribution in [0.2, 0.25) is 0 Å². The Kier molecular flexibility index (Phi) is 2.26. The Hall–Kier alpha value is -1.71. The summed E-state index contributed by atoms with van der Waals surface area (Å²) in [5, 5.41) is 0. The third-order valence-electron chi connectivity index (χ3n) is 2.49. The van der Waals surface area contributed by atoms with Gasteiger partial charge in [-0.25, -0.2) is 8.78 Å². The quantitative estimate of drug-likeness (QED) is 0.704. The van der Waals surface area contributed by atoms with Gasteiger partial charge in [-0.15, -0.1) is 0 Å². The average Bonchev–Trinajstić information content (AvgIpc) is 2.56. The fourth-order valence-corrected chi connectivity index (χ4v) is 1.89. The van der Waals surface area contributed by atoms with Gasteiger partial charge in [-0.1, -0.05) is 0 Å². The summed E-state index contributed by atoms with van der Waals surface area (Å²) in [5.41, 5.74) is 6.01. The van der Waals surface area contributed by atoms with Gasteiger partial charge in [0, 0.05) is 11.6 Å². The Morgan fingerprint density at radius 2 is 1.93 bits per heavy atom. The summed E-state index contributed by atoms with van der Waals surface area (Å²) in [6.45, 7) is 0. The van der Waals surface area contributed by atoms with Crippen LogP contribution in [0.3, 0.4) is 0 Å². The van der Waals surface area contributed by atoms with Crippen molar-refractivity contribution in [2.75, 3.05) is 0 Å². The van der Waals surface area contributed by atoms with Crippen molar-refractivity contribution in [3.05, 3.63) is 41.0 Å². The molecule has 1 aromatic carbocycles. The summed E-state index contributed by atoms with van der Waals surface area (Å²) < 4.78 is 26.7. The molecule has 0 radical (unpaired) electrons. The molecule has 2 nitrogen and oxygen atoms in total. The molecule has 0 spiro atoms. The number of carbonyl (C=O) groups is 1. The minimum Gasteiger partial charge on any atom is -0.366 e. The summed E-state index contributed by atoms with van der Waals surface area (Å²) in [5.74, 6) is -1.57. The highest BCUT2D eigenvalue weighted by atomic mass is 19.1. The first-order valence-corrected chi connectivity index (χ1v) is 4.57. The second-order valence-corrected chi connectivity index (χ2v) is 3.45. The van der Waals surface area contributed by atoms with Crippen molar-refractivity contribution in [3.63, 3.8) is 0 Å². The van der Waals surface area contributed by atoms with Crippen LogP contribution in [0.1, 0.15) is 17.5 Å². The van der Waals surface area contributed by atoms with Gasteiger partial charge in [0.2, 0.25) is 5.91 Å². The van der Waals surface area contributed by atoms with Gasteiger partial charge in [-0.3, -0.25) is 4.79 Å². The molecule has 2 N–H and O–H groups in total. The second-order valence-electron chi connectivity index (χ2n) is 3.45. The number of fused-ring (bicyclic) bond motifs is 1. The maximum Gasteiger partial charge on any atom is 0.241 e. The van der Waals surface area contributed by atoms with Crippen molar-refractivity contribution in [2.45, 2.75) is 12.8 Å². The monoisotopic (exact) mass is 209 g/mol. The molecule has 0 saturated carbocycles. The molecule has 1 aliphatic rings. The van der Waals surface area contributed by atoms with E-state index in [4.69, 9.17) is 5.73 Å². The first-order valence-electron chi connectivity index (χ1n) is 4.57. The highest BCUT2D eigenvalue weighted by Crippen LogP contribution is 2.35. The fourth-order valence-electron chi connectivity index (χ4n) is 1.89. The third-order valence-corrected chi connectivity index (χ3v) is 2.49. The van der Waals surface area contributed by atoms with E-state index in [1.807, 2.05) is 0 Å². The third kappa shape index (κ3) is 1.63. The standard InChI is InChI=1S/C11H9F2NO/c12-8-3-4-9(13)11-6(5-10(14)15)1-2-7(8)11/h3-5H,1-2H2,(H2,14,15)/b6-5+. The lowest BCUT2D eigenvalue weighted by Crippen LogP contribution is -2.06. The summed E-state index contributed by atoms with van der Waals surface area (Å²) in [7, 11) is 0. The molecule has 0 bridgehead atoms. The molecule has 0 heterocycles. The molecular weight excluding hydrogens is 200 g/mol. The molecule has 78 valence electrons. The van der Waals surface area contributed by atoms with Crippen molar-refractivity contribution in [2.24, 2.45) is 5.73 Å². The van der Waals surface area contributed by atoms with Crippen LogP contribution in [0.4, 0.5) is 8.78 Å². The van der Waals surface area contributed by atoms with Crippen LogP contribution in [0.25, 0.3) is 5.57 Å². The van der Waals surface area contributed by atoms with E-state index in [2.05, 4.69) is 0 Å². The molecule has 2 rings (SSSR count). The molecule has 0 saturated heterocycles. The maximum atomic E-state index is 13.4. The highest BCUT2D eigenvalue weighted by molar-refractivity contribution is 5.95. The zero-order chi connectivity index (χ0) is 11.0. The SMILES string of the molecule is NC(=O)/C=C1\CCc2c(F)ccc(F)c21. The van der Waals surface area contributed by atoms with Crippen molar-refractivity contribution in [1.29, 1.82) is 0 Å². The van der Waals surface area contributed by atoms with Crippen LogP contribution in [0, 0.1) is 11.6 Å². The van der Waals surface area contributed by atoms with Crippen LogP contribution >= 0.6 is 0 Å². The number of carbonyl (C=O) groups excluding carboxylic acids is 1. The minimum absolute atomic E-state index is 0.203. The van der Waals surface area contributed by atoms with E-state index in [1.54, 1.807) is 0 Å². The van der Waals surface area contributed by atoms with Gasteiger partial charge in [0.1, 0.15) is 11.6 Å².